The van der Waals surface area contributed by atoms with Crippen molar-refractivity contribution >= 4 is 35.6 Å². The molecule has 4 rings (SSSR count). The van der Waals surface area contributed by atoms with Gasteiger partial charge in [0.2, 0.25) is 11.8 Å². The fraction of sp³-hybridized carbons (Fsp3) is 0.579. The summed E-state index contributed by atoms with van der Waals surface area (Å²) in [4.78, 5) is 26.2. The fourth-order valence-corrected chi connectivity index (χ4v) is 4.65. The first-order valence-electron chi connectivity index (χ1n) is 9.22. The summed E-state index contributed by atoms with van der Waals surface area (Å²) in [6.07, 6.45) is 5.43. The summed E-state index contributed by atoms with van der Waals surface area (Å²) in [5.41, 5.74) is 0.401. The molecule has 0 aromatic heterocycles. The number of hydrogen-bond donors (Lipinski definition) is 2. The molecule has 2 saturated heterocycles. The Morgan fingerprint density at radius 2 is 2.15 bits per heavy atom. The maximum absolute atomic E-state index is 14.5. The van der Waals surface area contributed by atoms with Gasteiger partial charge in [0, 0.05) is 25.2 Å². The Labute approximate surface area is 159 Å². The van der Waals surface area contributed by atoms with Gasteiger partial charge in [-0.25, -0.2) is 4.39 Å². The standard InChI is InChI=1S/C19H24FN3O2.ClH/c20-15-10-14(6-7-16(15)23-9-3-5-17(23)24)22-18(25)19-8-2-1-4-13(19)11-21-12-19;/h6-7,10,13,21H,1-5,8-9,11-12H2,(H,22,25);1H/t13-,19+;/m0./s1. The van der Waals surface area contributed by atoms with Crippen molar-refractivity contribution in [3.05, 3.63) is 24.0 Å². The number of carbonyl (C=O) groups is 2. The molecular weight excluding hydrogens is 357 g/mol. The number of fused-ring (bicyclic) bond motifs is 1. The van der Waals surface area contributed by atoms with E-state index in [-0.39, 0.29) is 29.6 Å². The average Bonchev–Trinajstić information content (AvgIpc) is 3.22. The van der Waals surface area contributed by atoms with Crippen LogP contribution in [0.1, 0.15) is 38.5 Å². The number of halogens is 2. The largest absolute Gasteiger partial charge is 0.325 e. The van der Waals surface area contributed by atoms with Gasteiger partial charge in [-0.1, -0.05) is 12.8 Å². The second-order valence-corrected chi connectivity index (χ2v) is 7.50. The zero-order valence-corrected chi connectivity index (χ0v) is 15.5. The van der Waals surface area contributed by atoms with Crippen molar-refractivity contribution in [3.63, 3.8) is 0 Å². The van der Waals surface area contributed by atoms with Crippen LogP contribution in [-0.2, 0) is 9.59 Å². The Morgan fingerprint density at radius 1 is 1.31 bits per heavy atom. The first kappa shape index (κ1) is 19.1. The second-order valence-electron chi connectivity index (χ2n) is 7.50. The van der Waals surface area contributed by atoms with E-state index in [2.05, 4.69) is 10.6 Å². The van der Waals surface area contributed by atoms with Crippen LogP contribution in [0.3, 0.4) is 0 Å². The molecule has 2 aliphatic heterocycles. The molecule has 2 heterocycles. The van der Waals surface area contributed by atoms with E-state index in [0.717, 1.165) is 32.2 Å². The molecule has 142 valence electrons. The van der Waals surface area contributed by atoms with Crippen LogP contribution in [0.25, 0.3) is 0 Å². The van der Waals surface area contributed by atoms with E-state index in [1.807, 2.05) is 0 Å². The Hall–Kier alpha value is -1.66. The molecule has 1 aromatic carbocycles. The van der Waals surface area contributed by atoms with E-state index in [9.17, 15) is 14.0 Å². The van der Waals surface area contributed by atoms with Crippen molar-refractivity contribution in [1.29, 1.82) is 0 Å². The number of anilines is 2. The lowest BCUT2D eigenvalue weighted by Gasteiger charge is -2.37. The maximum Gasteiger partial charge on any atom is 0.232 e. The van der Waals surface area contributed by atoms with Crippen LogP contribution in [-0.4, -0.2) is 31.4 Å². The zero-order valence-electron chi connectivity index (χ0n) is 14.7. The van der Waals surface area contributed by atoms with Gasteiger partial charge in [0.1, 0.15) is 5.82 Å². The molecule has 0 spiro atoms. The molecular formula is C19H25ClFN3O2. The minimum atomic E-state index is -0.463. The van der Waals surface area contributed by atoms with Crippen LogP contribution in [0.2, 0.25) is 0 Å². The molecule has 5 nitrogen and oxygen atoms in total. The highest BCUT2D eigenvalue weighted by atomic mass is 35.5. The number of amides is 2. The molecule has 0 bridgehead atoms. The van der Waals surface area contributed by atoms with Gasteiger partial charge in [0.05, 0.1) is 11.1 Å². The molecule has 1 aliphatic carbocycles. The SMILES string of the molecule is Cl.O=C1CCCN1c1ccc(NC(=O)[C@@]23CCCC[C@H]2CNC3)cc1F. The molecule has 26 heavy (non-hydrogen) atoms. The van der Waals surface area contributed by atoms with Crippen LogP contribution in [0, 0.1) is 17.2 Å². The van der Waals surface area contributed by atoms with E-state index in [0.29, 0.717) is 36.8 Å². The lowest BCUT2D eigenvalue weighted by molar-refractivity contribution is -0.128. The van der Waals surface area contributed by atoms with Crippen molar-refractivity contribution < 1.29 is 14.0 Å². The van der Waals surface area contributed by atoms with Gasteiger partial charge in [0.15, 0.2) is 0 Å². The molecule has 1 saturated carbocycles. The van der Waals surface area contributed by atoms with Crippen molar-refractivity contribution in [2.45, 2.75) is 38.5 Å². The summed E-state index contributed by atoms with van der Waals surface area (Å²) < 4.78 is 14.5. The third kappa shape index (κ3) is 3.21. The van der Waals surface area contributed by atoms with Crippen molar-refractivity contribution in [3.8, 4) is 0 Å². The highest BCUT2D eigenvalue weighted by Crippen LogP contribution is 2.44. The predicted molar refractivity (Wildman–Crippen MR) is 101 cm³/mol. The number of rotatable bonds is 3. The van der Waals surface area contributed by atoms with E-state index >= 15 is 0 Å². The van der Waals surface area contributed by atoms with Gasteiger partial charge < -0.3 is 15.5 Å². The van der Waals surface area contributed by atoms with Gasteiger partial charge in [-0.3, -0.25) is 9.59 Å². The maximum atomic E-state index is 14.5. The smallest absolute Gasteiger partial charge is 0.232 e. The highest BCUT2D eigenvalue weighted by molar-refractivity contribution is 5.98. The Balaban J connectivity index is 0.00000196. The Morgan fingerprint density at radius 3 is 2.88 bits per heavy atom. The summed E-state index contributed by atoms with van der Waals surface area (Å²) >= 11 is 0. The first-order chi connectivity index (χ1) is 12.1. The second kappa shape index (κ2) is 7.53. The van der Waals surface area contributed by atoms with Crippen molar-refractivity contribution in [2.75, 3.05) is 29.9 Å². The number of carbonyl (C=O) groups excluding carboxylic acids is 2. The van der Waals surface area contributed by atoms with Gasteiger partial charge in [-0.2, -0.15) is 0 Å². The molecule has 2 amide bonds. The number of benzene rings is 1. The molecule has 1 aromatic rings. The molecule has 0 radical (unpaired) electrons. The minimum Gasteiger partial charge on any atom is -0.325 e. The predicted octanol–water partition coefficient (Wildman–Crippen LogP) is 3.09. The number of nitrogens with one attached hydrogen (secondary N) is 2. The van der Waals surface area contributed by atoms with Gasteiger partial charge in [-0.05, 0) is 49.9 Å². The van der Waals surface area contributed by atoms with Crippen LogP contribution in [0.5, 0.6) is 0 Å². The summed E-state index contributed by atoms with van der Waals surface area (Å²) in [5.74, 6) is -0.147. The van der Waals surface area contributed by atoms with Crippen molar-refractivity contribution in [2.24, 2.45) is 11.3 Å². The van der Waals surface area contributed by atoms with Gasteiger partial charge in [0.25, 0.3) is 0 Å². The van der Waals surface area contributed by atoms with E-state index in [4.69, 9.17) is 0 Å². The van der Waals surface area contributed by atoms with E-state index in [1.165, 1.54) is 17.4 Å². The van der Waals surface area contributed by atoms with E-state index < -0.39 is 5.82 Å². The van der Waals surface area contributed by atoms with E-state index in [1.54, 1.807) is 12.1 Å². The lowest BCUT2D eigenvalue weighted by atomic mass is 9.67. The molecule has 7 heteroatoms. The van der Waals surface area contributed by atoms with Gasteiger partial charge >= 0.3 is 0 Å². The third-order valence-corrected chi connectivity index (χ3v) is 6.06. The van der Waals surface area contributed by atoms with Crippen LogP contribution < -0.4 is 15.5 Å². The average molecular weight is 382 g/mol. The van der Waals surface area contributed by atoms with Crippen LogP contribution >= 0.6 is 12.4 Å². The lowest BCUT2D eigenvalue weighted by Crippen LogP contribution is -2.44. The summed E-state index contributed by atoms with van der Waals surface area (Å²) in [6, 6.07) is 4.62. The summed E-state index contributed by atoms with van der Waals surface area (Å²) in [7, 11) is 0. The molecule has 0 unspecified atom stereocenters. The monoisotopic (exact) mass is 381 g/mol. The molecule has 2 N–H and O–H groups in total. The highest BCUT2D eigenvalue weighted by Gasteiger charge is 2.49. The first-order valence-corrected chi connectivity index (χ1v) is 9.22. The summed E-state index contributed by atoms with van der Waals surface area (Å²) in [6.45, 7) is 2.14. The fourth-order valence-electron chi connectivity index (χ4n) is 4.65. The molecule has 2 atom stereocenters. The normalized spacial score (nSPS) is 27.8. The quantitative estimate of drug-likeness (QED) is 0.845. The van der Waals surface area contributed by atoms with Gasteiger partial charge in [-0.15, -0.1) is 12.4 Å². The number of hydrogen-bond acceptors (Lipinski definition) is 3. The van der Waals surface area contributed by atoms with Crippen LogP contribution in [0.15, 0.2) is 18.2 Å². The zero-order chi connectivity index (χ0) is 17.4. The van der Waals surface area contributed by atoms with Crippen molar-refractivity contribution in [1.82, 2.24) is 5.32 Å². The minimum absolute atomic E-state index is 0. The third-order valence-electron chi connectivity index (χ3n) is 6.06. The Bertz CT molecular complexity index is 714. The molecule has 3 fully saturated rings. The molecule has 3 aliphatic rings. The topological polar surface area (TPSA) is 61.4 Å². The van der Waals surface area contributed by atoms with Crippen LogP contribution in [0.4, 0.5) is 15.8 Å². The summed E-state index contributed by atoms with van der Waals surface area (Å²) in [5, 5.41) is 6.28. The number of nitrogens with zero attached hydrogens (tertiary/aromatic N) is 1. The Kier molecular flexibility index (Phi) is 5.53.